The number of nitrogens with one attached hydrogen (secondary N) is 1. The third kappa shape index (κ3) is 2.95. The molecule has 0 spiro atoms. The van der Waals surface area contributed by atoms with Crippen LogP contribution in [0.1, 0.15) is 52.2 Å². The van der Waals surface area contributed by atoms with E-state index in [1.165, 1.54) is 0 Å². The number of anilines is 1. The number of hydrogen-bond acceptors (Lipinski definition) is 4. The van der Waals surface area contributed by atoms with Gasteiger partial charge in [0.05, 0.1) is 18.3 Å². The molecule has 22 heavy (non-hydrogen) atoms. The maximum absolute atomic E-state index is 10.6. The van der Waals surface area contributed by atoms with Gasteiger partial charge in [-0.25, -0.2) is 0 Å². The van der Waals surface area contributed by atoms with Crippen molar-refractivity contribution in [2.75, 3.05) is 18.0 Å². The first-order valence-corrected chi connectivity index (χ1v) is 8.38. The van der Waals surface area contributed by atoms with Crippen LogP contribution in [-0.2, 0) is 0 Å². The van der Waals surface area contributed by atoms with Crippen LogP contribution in [0.5, 0.6) is 5.75 Å². The first-order chi connectivity index (χ1) is 10.4. The zero-order valence-electron chi connectivity index (χ0n) is 14.1. The summed E-state index contributed by atoms with van der Waals surface area (Å²) >= 11 is 0. The number of benzene rings is 1. The number of nitrogens with zero attached hydrogens (tertiary/aromatic N) is 1. The van der Waals surface area contributed by atoms with Gasteiger partial charge < -0.3 is 20.1 Å². The monoisotopic (exact) mass is 304 g/mol. The highest BCUT2D eigenvalue weighted by molar-refractivity contribution is 5.63. The van der Waals surface area contributed by atoms with Gasteiger partial charge in [0.2, 0.25) is 0 Å². The summed E-state index contributed by atoms with van der Waals surface area (Å²) in [4.78, 5) is 2.37. The van der Waals surface area contributed by atoms with Gasteiger partial charge in [-0.1, -0.05) is 6.07 Å². The van der Waals surface area contributed by atoms with Crippen LogP contribution in [-0.4, -0.2) is 35.9 Å². The summed E-state index contributed by atoms with van der Waals surface area (Å²) in [5, 5.41) is 14.0. The van der Waals surface area contributed by atoms with Crippen molar-refractivity contribution < 1.29 is 9.84 Å². The lowest BCUT2D eigenvalue weighted by molar-refractivity contribution is 0.102. The molecule has 0 aromatic heterocycles. The van der Waals surface area contributed by atoms with Crippen molar-refractivity contribution >= 4 is 5.69 Å². The molecule has 2 N–H and O–H groups in total. The van der Waals surface area contributed by atoms with Crippen LogP contribution >= 0.6 is 0 Å². The molecule has 2 atom stereocenters. The van der Waals surface area contributed by atoms with Gasteiger partial charge in [-0.15, -0.1) is 0 Å². The standard InChI is InChI=1S/C18H28N2O2/c1-12(2)20-11-18(3,4)22-16-8-7-13(10-15(16)20)17(21)14-6-5-9-19-14/h7-8,10,12,14,17,19,21H,5-6,9,11H2,1-4H3. The Morgan fingerprint density at radius 2 is 2.14 bits per heavy atom. The summed E-state index contributed by atoms with van der Waals surface area (Å²) in [6, 6.07) is 6.70. The van der Waals surface area contributed by atoms with Crippen LogP contribution in [0.15, 0.2) is 18.2 Å². The van der Waals surface area contributed by atoms with E-state index in [4.69, 9.17) is 4.74 Å². The SMILES string of the molecule is CC(C)N1CC(C)(C)Oc2ccc(C(O)C3CCCN3)cc21. The van der Waals surface area contributed by atoms with E-state index in [0.29, 0.717) is 6.04 Å². The van der Waals surface area contributed by atoms with Gasteiger partial charge in [-0.3, -0.25) is 0 Å². The van der Waals surface area contributed by atoms with Crippen molar-refractivity contribution in [2.45, 2.75) is 64.3 Å². The van der Waals surface area contributed by atoms with Gasteiger partial charge in [0.15, 0.2) is 0 Å². The van der Waals surface area contributed by atoms with Crippen LogP contribution in [0.3, 0.4) is 0 Å². The highest BCUT2D eigenvalue weighted by atomic mass is 16.5. The lowest BCUT2D eigenvalue weighted by Crippen LogP contribution is -2.49. The topological polar surface area (TPSA) is 44.7 Å². The summed E-state index contributed by atoms with van der Waals surface area (Å²) in [5.74, 6) is 0.917. The number of ether oxygens (including phenoxy) is 1. The lowest BCUT2D eigenvalue weighted by Gasteiger charge is -2.43. The summed E-state index contributed by atoms with van der Waals surface area (Å²) in [5.41, 5.74) is 1.89. The molecular formula is C18H28N2O2. The van der Waals surface area contributed by atoms with Crippen LogP contribution in [0.2, 0.25) is 0 Å². The van der Waals surface area contributed by atoms with Crippen molar-refractivity contribution in [3.8, 4) is 5.75 Å². The van der Waals surface area contributed by atoms with Crippen LogP contribution in [0.25, 0.3) is 0 Å². The highest BCUT2D eigenvalue weighted by Gasteiger charge is 2.34. The Morgan fingerprint density at radius 1 is 1.36 bits per heavy atom. The first kappa shape index (κ1) is 15.6. The van der Waals surface area contributed by atoms with Gasteiger partial charge in [-0.2, -0.15) is 0 Å². The second-order valence-corrected chi connectivity index (χ2v) is 7.46. The Bertz CT molecular complexity index is 536. The average molecular weight is 304 g/mol. The molecule has 1 saturated heterocycles. The smallest absolute Gasteiger partial charge is 0.143 e. The number of aliphatic hydroxyl groups excluding tert-OH is 1. The number of aliphatic hydroxyl groups is 1. The van der Waals surface area contributed by atoms with Gasteiger partial charge in [0, 0.05) is 12.1 Å². The molecule has 4 nitrogen and oxygen atoms in total. The second-order valence-electron chi connectivity index (χ2n) is 7.46. The fourth-order valence-electron chi connectivity index (χ4n) is 3.53. The normalized spacial score (nSPS) is 25.0. The Hall–Kier alpha value is -1.26. The van der Waals surface area contributed by atoms with E-state index in [0.717, 1.165) is 42.9 Å². The fraction of sp³-hybridized carbons (Fsp3) is 0.667. The minimum Gasteiger partial charge on any atom is -0.484 e. The van der Waals surface area contributed by atoms with Gasteiger partial charge in [0.1, 0.15) is 11.4 Å². The van der Waals surface area contributed by atoms with Crippen molar-refractivity contribution in [1.82, 2.24) is 5.32 Å². The van der Waals surface area contributed by atoms with Crippen LogP contribution < -0.4 is 15.0 Å². The third-order valence-electron chi connectivity index (χ3n) is 4.67. The molecule has 2 aliphatic rings. The highest BCUT2D eigenvalue weighted by Crippen LogP contribution is 2.40. The number of rotatable bonds is 3. The molecule has 3 rings (SSSR count). The quantitative estimate of drug-likeness (QED) is 0.901. The van der Waals surface area contributed by atoms with Crippen molar-refractivity contribution in [3.05, 3.63) is 23.8 Å². The van der Waals surface area contributed by atoms with Crippen LogP contribution in [0, 0.1) is 0 Å². The molecule has 2 unspecified atom stereocenters. The van der Waals surface area contributed by atoms with E-state index in [-0.39, 0.29) is 11.6 Å². The second kappa shape index (κ2) is 5.74. The predicted octanol–water partition coefficient (Wildman–Crippen LogP) is 2.86. The molecule has 122 valence electrons. The molecule has 1 aromatic rings. The Morgan fingerprint density at radius 3 is 2.77 bits per heavy atom. The molecule has 2 heterocycles. The maximum atomic E-state index is 10.6. The first-order valence-electron chi connectivity index (χ1n) is 8.38. The largest absolute Gasteiger partial charge is 0.484 e. The van der Waals surface area contributed by atoms with Gasteiger partial charge >= 0.3 is 0 Å². The minimum atomic E-state index is -0.447. The molecule has 0 amide bonds. The summed E-state index contributed by atoms with van der Waals surface area (Å²) in [6.07, 6.45) is 1.73. The zero-order chi connectivity index (χ0) is 15.9. The number of fused-ring (bicyclic) bond motifs is 1. The molecule has 1 aromatic carbocycles. The lowest BCUT2D eigenvalue weighted by atomic mass is 9.97. The zero-order valence-corrected chi connectivity index (χ0v) is 14.1. The average Bonchev–Trinajstić information content (AvgIpc) is 2.98. The van der Waals surface area contributed by atoms with E-state index in [1.807, 2.05) is 12.1 Å². The minimum absolute atomic E-state index is 0.173. The molecular weight excluding hydrogens is 276 g/mol. The molecule has 0 radical (unpaired) electrons. The van der Waals surface area contributed by atoms with E-state index >= 15 is 0 Å². The number of hydrogen-bond donors (Lipinski definition) is 2. The molecule has 0 aliphatic carbocycles. The maximum Gasteiger partial charge on any atom is 0.143 e. The predicted molar refractivity (Wildman–Crippen MR) is 89.6 cm³/mol. The van der Waals surface area contributed by atoms with E-state index in [2.05, 4.69) is 44.0 Å². The molecule has 2 aliphatic heterocycles. The molecule has 0 bridgehead atoms. The third-order valence-corrected chi connectivity index (χ3v) is 4.67. The van der Waals surface area contributed by atoms with Crippen molar-refractivity contribution in [3.63, 3.8) is 0 Å². The fourth-order valence-corrected chi connectivity index (χ4v) is 3.53. The molecule has 4 heteroatoms. The van der Waals surface area contributed by atoms with Crippen molar-refractivity contribution in [2.24, 2.45) is 0 Å². The van der Waals surface area contributed by atoms with Crippen LogP contribution in [0.4, 0.5) is 5.69 Å². The van der Waals surface area contributed by atoms with Crippen molar-refractivity contribution in [1.29, 1.82) is 0 Å². The van der Waals surface area contributed by atoms with Gasteiger partial charge in [0.25, 0.3) is 0 Å². The van der Waals surface area contributed by atoms with Gasteiger partial charge in [-0.05, 0) is 64.8 Å². The molecule has 0 saturated carbocycles. The van der Waals surface area contributed by atoms with E-state index in [9.17, 15) is 5.11 Å². The Labute approximate surface area is 133 Å². The Kier molecular flexibility index (Phi) is 4.08. The molecule has 1 fully saturated rings. The summed E-state index contributed by atoms with van der Waals surface area (Å²) in [7, 11) is 0. The van der Waals surface area contributed by atoms with E-state index < -0.39 is 6.10 Å². The summed E-state index contributed by atoms with van der Waals surface area (Å²) < 4.78 is 6.12. The Balaban J connectivity index is 1.92. The van der Waals surface area contributed by atoms with E-state index in [1.54, 1.807) is 0 Å². The summed E-state index contributed by atoms with van der Waals surface area (Å²) in [6.45, 7) is 10.5.